The maximum Gasteiger partial charge on any atom is 0.0555 e. The van der Waals surface area contributed by atoms with E-state index in [0.717, 1.165) is 16.3 Å². The molecule has 0 aromatic heterocycles. The predicted molar refractivity (Wildman–Crippen MR) is 77.0 cm³/mol. The summed E-state index contributed by atoms with van der Waals surface area (Å²) in [6, 6.07) is 4.22. The Kier molecular flexibility index (Phi) is 5.05. The van der Waals surface area contributed by atoms with Crippen molar-refractivity contribution in [1.82, 2.24) is 0 Å². The zero-order valence-corrected chi connectivity index (χ0v) is 12.5. The molecule has 0 aliphatic rings. The highest BCUT2D eigenvalue weighted by molar-refractivity contribution is 8.01. The van der Waals surface area contributed by atoms with E-state index in [4.69, 9.17) is 17.3 Å². The van der Waals surface area contributed by atoms with Crippen LogP contribution < -0.4 is 5.73 Å². The van der Waals surface area contributed by atoms with Crippen LogP contribution >= 0.6 is 35.1 Å². The Labute approximate surface area is 112 Å². The van der Waals surface area contributed by atoms with Crippen LogP contribution in [0.5, 0.6) is 0 Å². The summed E-state index contributed by atoms with van der Waals surface area (Å²) in [7, 11) is 0. The van der Waals surface area contributed by atoms with Crippen molar-refractivity contribution in [3.05, 3.63) is 22.7 Å². The van der Waals surface area contributed by atoms with E-state index in [1.54, 1.807) is 23.5 Å². The van der Waals surface area contributed by atoms with Crippen molar-refractivity contribution in [2.24, 2.45) is 5.73 Å². The molecular weight excluding hydrogens is 258 g/mol. The maximum absolute atomic E-state index is 6.27. The first kappa shape index (κ1) is 14.2. The first-order valence-corrected chi connectivity index (χ1v) is 7.89. The first-order valence-electron chi connectivity index (χ1n) is 5.06. The lowest BCUT2D eigenvalue weighted by atomic mass is 9.96. The lowest BCUT2D eigenvalue weighted by Crippen LogP contribution is -2.34. The van der Waals surface area contributed by atoms with Gasteiger partial charge in [-0.2, -0.15) is 0 Å². The SMILES string of the molecule is CSc1cc(CC(C)(C)N)cc(Cl)c1SC. The van der Waals surface area contributed by atoms with Gasteiger partial charge in [-0.1, -0.05) is 11.6 Å². The molecule has 1 aromatic rings. The van der Waals surface area contributed by atoms with E-state index in [-0.39, 0.29) is 5.54 Å². The summed E-state index contributed by atoms with van der Waals surface area (Å²) in [6.45, 7) is 4.06. The number of nitrogens with two attached hydrogens (primary N) is 1. The quantitative estimate of drug-likeness (QED) is 0.839. The van der Waals surface area contributed by atoms with Gasteiger partial charge in [0.2, 0.25) is 0 Å². The fraction of sp³-hybridized carbons (Fsp3) is 0.500. The number of hydrogen-bond donors (Lipinski definition) is 1. The van der Waals surface area contributed by atoms with Crippen LogP contribution in [-0.2, 0) is 6.42 Å². The molecule has 2 N–H and O–H groups in total. The van der Waals surface area contributed by atoms with Crippen LogP contribution in [0.2, 0.25) is 5.02 Å². The molecule has 0 aliphatic heterocycles. The van der Waals surface area contributed by atoms with Crippen LogP contribution in [0.15, 0.2) is 21.9 Å². The third kappa shape index (κ3) is 3.88. The summed E-state index contributed by atoms with van der Waals surface area (Å²) in [5, 5.41) is 0.832. The zero-order chi connectivity index (χ0) is 12.3. The smallest absolute Gasteiger partial charge is 0.0555 e. The van der Waals surface area contributed by atoms with Crippen molar-refractivity contribution in [3.63, 3.8) is 0 Å². The molecule has 1 rings (SSSR count). The molecule has 0 amide bonds. The fourth-order valence-electron chi connectivity index (χ4n) is 1.60. The van der Waals surface area contributed by atoms with Gasteiger partial charge in [0, 0.05) is 15.3 Å². The average Bonchev–Trinajstić information content (AvgIpc) is 2.14. The highest BCUT2D eigenvalue weighted by Gasteiger charge is 2.15. The Morgan fingerprint density at radius 2 is 1.88 bits per heavy atom. The Bertz CT molecular complexity index is 372. The molecule has 0 fully saturated rings. The van der Waals surface area contributed by atoms with Crippen molar-refractivity contribution in [1.29, 1.82) is 0 Å². The van der Waals surface area contributed by atoms with Crippen LogP contribution in [0.4, 0.5) is 0 Å². The molecule has 0 saturated carbocycles. The third-order valence-corrected chi connectivity index (χ3v) is 4.30. The van der Waals surface area contributed by atoms with Crippen LogP contribution in [-0.4, -0.2) is 18.1 Å². The lowest BCUT2D eigenvalue weighted by Gasteiger charge is -2.19. The van der Waals surface area contributed by atoms with Gasteiger partial charge < -0.3 is 5.73 Å². The van der Waals surface area contributed by atoms with E-state index in [2.05, 4.69) is 12.3 Å². The molecule has 0 unspecified atom stereocenters. The van der Waals surface area contributed by atoms with Gasteiger partial charge in [0.1, 0.15) is 0 Å². The van der Waals surface area contributed by atoms with Gasteiger partial charge in [0.25, 0.3) is 0 Å². The summed E-state index contributed by atoms with van der Waals surface area (Å²) in [4.78, 5) is 2.40. The normalized spacial score (nSPS) is 11.9. The lowest BCUT2D eigenvalue weighted by molar-refractivity contribution is 0.516. The van der Waals surface area contributed by atoms with Crippen molar-refractivity contribution in [3.8, 4) is 0 Å². The van der Waals surface area contributed by atoms with Crippen LogP contribution in [0.1, 0.15) is 19.4 Å². The molecule has 4 heteroatoms. The van der Waals surface area contributed by atoms with Crippen molar-refractivity contribution >= 4 is 35.1 Å². The third-order valence-electron chi connectivity index (χ3n) is 2.15. The van der Waals surface area contributed by atoms with Crippen LogP contribution in [0, 0.1) is 0 Å². The zero-order valence-electron chi connectivity index (χ0n) is 10.1. The second-order valence-corrected chi connectivity index (χ2v) is 6.55. The van der Waals surface area contributed by atoms with Gasteiger partial charge in [-0.3, -0.25) is 0 Å². The number of hydrogen-bond acceptors (Lipinski definition) is 3. The number of thioether (sulfide) groups is 2. The summed E-state index contributed by atoms with van der Waals surface area (Å²) in [5.41, 5.74) is 7.04. The van der Waals surface area contributed by atoms with Crippen molar-refractivity contribution < 1.29 is 0 Å². The maximum atomic E-state index is 6.27. The highest BCUT2D eigenvalue weighted by Crippen LogP contribution is 2.36. The molecule has 0 aliphatic carbocycles. The average molecular weight is 276 g/mol. The van der Waals surface area contributed by atoms with Gasteiger partial charge in [0.15, 0.2) is 0 Å². The molecule has 1 aromatic carbocycles. The van der Waals surface area contributed by atoms with E-state index in [0.29, 0.717) is 0 Å². The van der Waals surface area contributed by atoms with Crippen LogP contribution in [0.3, 0.4) is 0 Å². The molecule has 0 spiro atoms. The van der Waals surface area contributed by atoms with Crippen LogP contribution in [0.25, 0.3) is 0 Å². The molecule has 16 heavy (non-hydrogen) atoms. The Hall–Kier alpha value is 0.170. The van der Waals surface area contributed by atoms with Crippen molar-refractivity contribution in [2.45, 2.75) is 35.6 Å². The molecule has 0 saturated heterocycles. The van der Waals surface area contributed by atoms with E-state index >= 15 is 0 Å². The molecular formula is C12H18ClNS2. The Morgan fingerprint density at radius 3 is 2.31 bits per heavy atom. The van der Waals surface area contributed by atoms with Crippen molar-refractivity contribution in [2.75, 3.05) is 12.5 Å². The van der Waals surface area contributed by atoms with Gasteiger partial charge >= 0.3 is 0 Å². The van der Waals surface area contributed by atoms with E-state index < -0.39 is 0 Å². The minimum absolute atomic E-state index is 0.195. The second kappa shape index (κ2) is 5.67. The molecule has 0 radical (unpaired) electrons. The minimum Gasteiger partial charge on any atom is -0.325 e. The van der Waals surface area contributed by atoms with Gasteiger partial charge in [-0.05, 0) is 50.5 Å². The van der Waals surface area contributed by atoms with Gasteiger partial charge in [0.05, 0.1) is 5.02 Å². The predicted octanol–water partition coefficient (Wildman–Crippen LogP) is 4.06. The summed E-state index contributed by atoms with van der Waals surface area (Å²) >= 11 is 9.68. The van der Waals surface area contributed by atoms with E-state index in [1.807, 2.05) is 26.2 Å². The first-order chi connectivity index (χ1) is 7.37. The van der Waals surface area contributed by atoms with E-state index in [1.165, 1.54) is 10.5 Å². The Morgan fingerprint density at radius 1 is 1.25 bits per heavy atom. The topological polar surface area (TPSA) is 26.0 Å². The minimum atomic E-state index is -0.195. The summed E-state index contributed by atoms with van der Waals surface area (Å²) < 4.78 is 0. The molecule has 0 atom stereocenters. The number of benzene rings is 1. The largest absolute Gasteiger partial charge is 0.325 e. The molecule has 1 nitrogen and oxygen atoms in total. The standard InChI is InChI=1S/C12H18ClNS2/c1-12(2,14)7-8-5-9(13)11(16-4)10(6-8)15-3/h5-6H,7,14H2,1-4H3. The van der Waals surface area contributed by atoms with E-state index in [9.17, 15) is 0 Å². The van der Waals surface area contributed by atoms with Gasteiger partial charge in [-0.25, -0.2) is 0 Å². The monoisotopic (exact) mass is 275 g/mol. The molecule has 0 bridgehead atoms. The van der Waals surface area contributed by atoms with Gasteiger partial charge in [-0.15, -0.1) is 23.5 Å². The second-order valence-electron chi connectivity index (χ2n) is 4.48. The summed E-state index contributed by atoms with van der Waals surface area (Å²) in [6.07, 6.45) is 4.96. The fourth-order valence-corrected chi connectivity index (χ4v) is 3.71. The highest BCUT2D eigenvalue weighted by atomic mass is 35.5. The summed E-state index contributed by atoms with van der Waals surface area (Å²) in [5.74, 6) is 0. The molecule has 90 valence electrons. The number of halogens is 1. The Balaban J connectivity index is 3.10. The molecule has 0 heterocycles. The number of rotatable bonds is 4.